The van der Waals surface area contributed by atoms with Crippen LogP contribution in [-0.2, 0) is 6.42 Å². The van der Waals surface area contributed by atoms with E-state index in [1.54, 1.807) is 0 Å². The maximum absolute atomic E-state index is 6.10. The number of benzene rings is 1. The van der Waals surface area contributed by atoms with Crippen LogP contribution in [0.3, 0.4) is 0 Å². The molecular formula is C18H30ClN. The third kappa shape index (κ3) is 6.76. The van der Waals surface area contributed by atoms with Crippen molar-refractivity contribution in [2.45, 2.75) is 59.4 Å². The largest absolute Gasteiger partial charge is 0.314 e. The lowest BCUT2D eigenvalue weighted by Gasteiger charge is -2.23. The minimum absolute atomic E-state index is 0.554. The van der Waals surface area contributed by atoms with Gasteiger partial charge < -0.3 is 5.32 Å². The molecule has 1 aromatic carbocycles. The molecule has 1 atom stereocenters. The van der Waals surface area contributed by atoms with E-state index in [1.807, 2.05) is 6.07 Å². The van der Waals surface area contributed by atoms with Gasteiger partial charge in [0.2, 0.25) is 0 Å². The molecule has 114 valence electrons. The second-order valence-corrected chi connectivity index (χ2v) is 6.62. The van der Waals surface area contributed by atoms with Crippen LogP contribution in [0.15, 0.2) is 24.3 Å². The predicted octanol–water partition coefficient (Wildman–Crippen LogP) is 5.32. The van der Waals surface area contributed by atoms with E-state index in [1.165, 1.54) is 24.8 Å². The predicted molar refractivity (Wildman–Crippen MR) is 90.5 cm³/mol. The third-order valence-electron chi connectivity index (χ3n) is 4.05. The lowest BCUT2D eigenvalue weighted by Crippen LogP contribution is -2.31. The molecule has 0 amide bonds. The van der Waals surface area contributed by atoms with Crippen LogP contribution in [0, 0.1) is 11.8 Å². The van der Waals surface area contributed by atoms with Gasteiger partial charge in [0.15, 0.2) is 0 Å². The van der Waals surface area contributed by atoms with Gasteiger partial charge in [-0.2, -0.15) is 0 Å². The van der Waals surface area contributed by atoms with E-state index in [9.17, 15) is 0 Å². The smallest absolute Gasteiger partial charge is 0.0408 e. The van der Waals surface area contributed by atoms with Gasteiger partial charge in [0.25, 0.3) is 0 Å². The van der Waals surface area contributed by atoms with Crippen molar-refractivity contribution in [3.8, 4) is 0 Å². The van der Waals surface area contributed by atoms with E-state index in [4.69, 9.17) is 11.6 Å². The first kappa shape index (κ1) is 17.5. The zero-order chi connectivity index (χ0) is 15.0. The third-order valence-corrected chi connectivity index (χ3v) is 4.28. The molecule has 0 aliphatic heterocycles. The molecule has 1 N–H and O–H groups in total. The molecule has 0 bridgehead atoms. The zero-order valence-electron chi connectivity index (χ0n) is 13.5. The fraction of sp³-hybridized carbons (Fsp3) is 0.667. The average molecular weight is 296 g/mol. The van der Waals surface area contributed by atoms with Gasteiger partial charge in [0.05, 0.1) is 0 Å². The Hall–Kier alpha value is -0.530. The monoisotopic (exact) mass is 295 g/mol. The van der Waals surface area contributed by atoms with E-state index in [-0.39, 0.29) is 0 Å². The van der Waals surface area contributed by atoms with Crippen molar-refractivity contribution in [1.82, 2.24) is 5.32 Å². The molecule has 0 saturated carbocycles. The lowest BCUT2D eigenvalue weighted by atomic mass is 9.86. The van der Waals surface area contributed by atoms with Gasteiger partial charge >= 0.3 is 0 Å². The minimum atomic E-state index is 0.554. The van der Waals surface area contributed by atoms with Gasteiger partial charge in [0, 0.05) is 11.1 Å². The molecule has 2 heteroatoms. The van der Waals surface area contributed by atoms with E-state index in [2.05, 4.69) is 51.2 Å². The minimum Gasteiger partial charge on any atom is -0.314 e. The summed E-state index contributed by atoms with van der Waals surface area (Å²) in [4.78, 5) is 0. The summed E-state index contributed by atoms with van der Waals surface area (Å²) in [6.45, 7) is 10.1. The Morgan fingerprint density at radius 3 is 2.35 bits per heavy atom. The molecule has 0 aliphatic rings. The van der Waals surface area contributed by atoms with Gasteiger partial charge in [-0.25, -0.2) is 0 Å². The van der Waals surface area contributed by atoms with Gasteiger partial charge in [0.1, 0.15) is 0 Å². The van der Waals surface area contributed by atoms with E-state index in [0.29, 0.717) is 12.0 Å². The summed E-state index contributed by atoms with van der Waals surface area (Å²) < 4.78 is 0. The normalized spacial score (nSPS) is 13.2. The summed E-state index contributed by atoms with van der Waals surface area (Å²) in [7, 11) is 0. The number of halogens is 1. The van der Waals surface area contributed by atoms with E-state index >= 15 is 0 Å². The van der Waals surface area contributed by atoms with E-state index in [0.717, 1.165) is 23.9 Å². The Kier molecular flexibility index (Phi) is 8.25. The van der Waals surface area contributed by atoms with Crippen molar-refractivity contribution < 1.29 is 0 Å². The Bertz CT molecular complexity index is 371. The average Bonchev–Trinajstić information content (AvgIpc) is 2.41. The maximum atomic E-state index is 6.10. The number of nitrogens with one attached hydrogen (secondary N) is 1. The Morgan fingerprint density at radius 2 is 1.80 bits per heavy atom. The van der Waals surface area contributed by atoms with Gasteiger partial charge in [-0.3, -0.25) is 0 Å². The maximum Gasteiger partial charge on any atom is 0.0408 e. The molecule has 0 fully saturated rings. The van der Waals surface area contributed by atoms with Crippen molar-refractivity contribution in [3.63, 3.8) is 0 Å². The highest BCUT2D eigenvalue weighted by Gasteiger charge is 2.15. The van der Waals surface area contributed by atoms with Crippen molar-refractivity contribution in [1.29, 1.82) is 0 Å². The summed E-state index contributed by atoms with van der Waals surface area (Å²) in [5.74, 6) is 1.54. The fourth-order valence-corrected chi connectivity index (χ4v) is 2.94. The highest BCUT2D eigenvalue weighted by molar-refractivity contribution is 6.30. The first-order chi connectivity index (χ1) is 9.55. The van der Waals surface area contributed by atoms with E-state index < -0.39 is 0 Å². The molecule has 0 aromatic heterocycles. The summed E-state index contributed by atoms with van der Waals surface area (Å²) in [5.41, 5.74) is 1.36. The topological polar surface area (TPSA) is 12.0 Å². The molecule has 0 saturated heterocycles. The summed E-state index contributed by atoms with van der Waals surface area (Å²) in [5, 5.41) is 4.45. The van der Waals surface area contributed by atoms with Crippen LogP contribution >= 0.6 is 11.6 Å². The lowest BCUT2D eigenvalue weighted by molar-refractivity contribution is 0.331. The second kappa shape index (κ2) is 9.41. The van der Waals surface area contributed by atoms with Crippen LogP contribution in [0.4, 0.5) is 0 Å². The van der Waals surface area contributed by atoms with Crippen molar-refractivity contribution in [2.24, 2.45) is 11.8 Å². The Balaban J connectivity index is 2.65. The Morgan fingerprint density at radius 1 is 1.10 bits per heavy atom. The first-order valence-electron chi connectivity index (χ1n) is 8.02. The van der Waals surface area contributed by atoms with Crippen LogP contribution in [0.25, 0.3) is 0 Å². The van der Waals surface area contributed by atoms with Gasteiger partial charge in [-0.05, 0) is 48.9 Å². The summed E-state index contributed by atoms with van der Waals surface area (Å²) >= 11 is 6.10. The molecule has 0 spiro atoms. The highest BCUT2D eigenvalue weighted by Crippen LogP contribution is 2.23. The first-order valence-corrected chi connectivity index (χ1v) is 8.40. The molecule has 1 rings (SSSR count). The van der Waals surface area contributed by atoms with Crippen molar-refractivity contribution in [2.75, 3.05) is 6.54 Å². The molecule has 0 heterocycles. The highest BCUT2D eigenvalue weighted by atomic mass is 35.5. The molecule has 0 aliphatic carbocycles. The Labute approximate surface area is 130 Å². The van der Waals surface area contributed by atoms with Crippen LogP contribution in [0.5, 0.6) is 0 Å². The second-order valence-electron chi connectivity index (χ2n) is 6.18. The molecule has 0 radical (unpaired) electrons. The molecular weight excluding hydrogens is 266 g/mol. The van der Waals surface area contributed by atoms with Crippen LogP contribution < -0.4 is 5.32 Å². The summed E-state index contributed by atoms with van der Waals surface area (Å²) in [6.07, 6.45) is 4.99. The SMILES string of the molecule is CCC(CC)CC(CNC(C)C)Cc1cccc(Cl)c1. The van der Waals surface area contributed by atoms with Gasteiger partial charge in [-0.15, -0.1) is 0 Å². The van der Waals surface area contributed by atoms with Gasteiger partial charge in [-0.1, -0.05) is 64.3 Å². The standard InChI is InChI=1S/C18H30ClN/c1-5-15(6-2)10-17(13-20-14(3)4)11-16-8-7-9-18(19)12-16/h7-9,12,14-15,17,20H,5-6,10-11,13H2,1-4H3. The molecule has 1 unspecified atom stereocenters. The fourth-order valence-electron chi connectivity index (χ4n) is 2.73. The van der Waals surface area contributed by atoms with Crippen LogP contribution in [0.2, 0.25) is 5.02 Å². The van der Waals surface area contributed by atoms with Crippen LogP contribution in [-0.4, -0.2) is 12.6 Å². The number of hydrogen-bond donors (Lipinski definition) is 1. The number of hydrogen-bond acceptors (Lipinski definition) is 1. The number of rotatable bonds is 9. The van der Waals surface area contributed by atoms with Crippen molar-refractivity contribution >= 4 is 11.6 Å². The molecule has 1 nitrogen and oxygen atoms in total. The zero-order valence-corrected chi connectivity index (χ0v) is 14.2. The van der Waals surface area contributed by atoms with Crippen LogP contribution in [0.1, 0.15) is 52.5 Å². The summed E-state index contributed by atoms with van der Waals surface area (Å²) in [6, 6.07) is 8.87. The quantitative estimate of drug-likeness (QED) is 0.650. The van der Waals surface area contributed by atoms with Crippen molar-refractivity contribution in [3.05, 3.63) is 34.9 Å². The molecule has 20 heavy (non-hydrogen) atoms. The molecule has 1 aromatic rings.